The van der Waals surface area contributed by atoms with E-state index in [0.29, 0.717) is 18.1 Å². The number of aromatic carboxylic acids is 1. The minimum absolute atomic E-state index is 0.254. The Balaban J connectivity index is 2.18. The molecule has 0 fully saturated rings. The van der Waals surface area contributed by atoms with Crippen LogP contribution in [-0.4, -0.2) is 17.7 Å². The molecule has 0 saturated heterocycles. The van der Waals surface area contributed by atoms with Gasteiger partial charge in [-0.15, -0.1) is 0 Å². The summed E-state index contributed by atoms with van der Waals surface area (Å²) in [5.41, 5.74) is 0.254. The molecule has 6 heteroatoms. The molecule has 0 radical (unpaired) electrons. The smallest absolute Gasteiger partial charge is 0.335 e. The van der Waals surface area contributed by atoms with Crippen LogP contribution in [0.4, 0.5) is 0 Å². The second-order valence-corrected chi connectivity index (χ2v) is 6.82. The summed E-state index contributed by atoms with van der Waals surface area (Å²) in [4.78, 5) is 11.0. The Morgan fingerprint density at radius 1 is 1.09 bits per heavy atom. The number of halogens is 2. The third-order valence-corrected chi connectivity index (χ3v) is 4.36. The topological polar surface area (TPSA) is 55.8 Å². The zero-order chi connectivity index (χ0) is 16.1. The maximum absolute atomic E-state index is 11.0. The van der Waals surface area contributed by atoms with Crippen molar-refractivity contribution in [1.82, 2.24) is 0 Å². The van der Waals surface area contributed by atoms with Crippen molar-refractivity contribution in [2.45, 2.75) is 13.3 Å². The SMILES string of the molecule is CCCOc1ccc(Oc2c(I)cc(C(=O)O)cc2I)cc1. The molecule has 0 aliphatic rings. The Labute approximate surface area is 156 Å². The van der Waals surface area contributed by atoms with E-state index in [-0.39, 0.29) is 5.56 Å². The van der Waals surface area contributed by atoms with Crippen molar-refractivity contribution in [3.8, 4) is 17.2 Å². The third kappa shape index (κ3) is 4.48. The normalized spacial score (nSPS) is 10.3. The Hall–Kier alpha value is -1.03. The highest BCUT2D eigenvalue weighted by Gasteiger charge is 2.13. The molecule has 1 N–H and O–H groups in total. The molecular weight excluding hydrogens is 510 g/mol. The molecule has 0 amide bonds. The highest BCUT2D eigenvalue weighted by Crippen LogP contribution is 2.33. The lowest BCUT2D eigenvalue weighted by molar-refractivity contribution is 0.0696. The number of hydrogen-bond acceptors (Lipinski definition) is 3. The molecule has 0 spiro atoms. The van der Waals surface area contributed by atoms with Crippen molar-refractivity contribution in [3.63, 3.8) is 0 Å². The van der Waals surface area contributed by atoms with Gasteiger partial charge in [-0.05, 0) is 88.0 Å². The van der Waals surface area contributed by atoms with E-state index in [2.05, 4.69) is 52.1 Å². The van der Waals surface area contributed by atoms with Gasteiger partial charge in [0.05, 0.1) is 19.3 Å². The van der Waals surface area contributed by atoms with E-state index in [1.807, 2.05) is 24.3 Å². The van der Waals surface area contributed by atoms with Gasteiger partial charge in [0.25, 0.3) is 0 Å². The summed E-state index contributed by atoms with van der Waals surface area (Å²) in [5.74, 6) is 1.20. The van der Waals surface area contributed by atoms with Crippen LogP contribution in [0.25, 0.3) is 0 Å². The molecular formula is C16H14I2O4. The molecule has 0 heterocycles. The average molecular weight is 524 g/mol. The Kier molecular flexibility index (Phi) is 6.30. The van der Waals surface area contributed by atoms with E-state index in [1.165, 1.54) is 0 Å². The monoisotopic (exact) mass is 524 g/mol. The second kappa shape index (κ2) is 8.00. The third-order valence-electron chi connectivity index (χ3n) is 2.76. The van der Waals surface area contributed by atoms with Crippen LogP contribution in [0.5, 0.6) is 17.2 Å². The van der Waals surface area contributed by atoms with Crippen molar-refractivity contribution >= 4 is 51.2 Å². The summed E-state index contributed by atoms with van der Waals surface area (Å²) >= 11 is 4.16. The van der Waals surface area contributed by atoms with E-state index in [0.717, 1.165) is 19.3 Å². The molecule has 116 valence electrons. The van der Waals surface area contributed by atoms with Gasteiger partial charge in [0.2, 0.25) is 0 Å². The van der Waals surface area contributed by atoms with E-state index in [9.17, 15) is 4.79 Å². The minimum atomic E-state index is -0.945. The van der Waals surface area contributed by atoms with Gasteiger partial charge in [0.15, 0.2) is 5.75 Å². The first-order valence-electron chi connectivity index (χ1n) is 6.64. The molecule has 0 atom stereocenters. The Bertz CT molecular complexity index is 645. The summed E-state index contributed by atoms with van der Waals surface area (Å²) in [7, 11) is 0. The van der Waals surface area contributed by atoms with E-state index in [1.54, 1.807) is 12.1 Å². The van der Waals surface area contributed by atoms with Crippen LogP contribution >= 0.6 is 45.2 Å². The number of benzene rings is 2. The van der Waals surface area contributed by atoms with Gasteiger partial charge in [-0.25, -0.2) is 4.79 Å². The summed E-state index contributed by atoms with van der Waals surface area (Å²) < 4.78 is 12.9. The molecule has 2 aromatic rings. The van der Waals surface area contributed by atoms with Crippen molar-refractivity contribution in [2.75, 3.05) is 6.61 Å². The lowest BCUT2D eigenvalue weighted by atomic mass is 10.2. The van der Waals surface area contributed by atoms with Crippen LogP contribution in [0.15, 0.2) is 36.4 Å². The molecule has 0 aliphatic carbocycles. The highest BCUT2D eigenvalue weighted by atomic mass is 127. The van der Waals surface area contributed by atoms with E-state index >= 15 is 0 Å². The summed E-state index contributed by atoms with van der Waals surface area (Å²) in [6.45, 7) is 2.74. The maximum Gasteiger partial charge on any atom is 0.335 e. The molecule has 2 aromatic carbocycles. The number of carboxylic acids is 1. The highest BCUT2D eigenvalue weighted by molar-refractivity contribution is 14.1. The van der Waals surface area contributed by atoms with Gasteiger partial charge < -0.3 is 14.6 Å². The van der Waals surface area contributed by atoms with E-state index < -0.39 is 5.97 Å². The zero-order valence-corrected chi connectivity index (χ0v) is 16.1. The first kappa shape index (κ1) is 17.3. The molecule has 0 saturated carbocycles. The molecule has 4 nitrogen and oxygen atoms in total. The van der Waals surface area contributed by atoms with Crippen LogP contribution in [0.3, 0.4) is 0 Å². The molecule has 0 bridgehead atoms. The fourth-order valence-corrected chi connectivity index (χ4v) is 3.71. The van der Waals surface area contributed by atoms with Crippen molar-refractivity contribution < 1.29 is 19.4 Å². The summed E-state index contributed by atoms with van der Waals surface area (Å²) in [5, 5.41) is 9.05. The Morgan fingerprint density at radius 2 is 1.64 bits per heavy atom. The fraction of sp³-hybridized carbons (Fsp3) is 0.188. The second-order valence-electron chi connectivity index (χ2n) is 4.50. The lowest BCUT2D eigenvalue weighted by Gasteiger charge is -2.12. The van der Waals surface area contributed by atoms with Crippen molar-refractivity contribution in [3.05, 3.63) is 49.1 Å². The standard InChI is InChI=1S/C16H14I2O4/c1-2-7-21-11-3-5-12(6-4-11)22-15-13(17)8-10(16(19)20)9-14(15)18/h3-6,8-9H,2,7H2,1H3,(H,19,20). The summed E-state index contributed by atoms with van der Waals surface area (Å²) in [6, 6.07) is 10.6. The fourth-order valence-electron chi connectivity index (χ4n) is 1.72. The number of carbonyl (C=O) groups is 1. The van der Waals surface area contributed by atoms with Crippen molar-refractivity contribution in [2.24, 2.45) is 0 Å². The van der Waals surface area contributed by atoms with Crippen LogP contribution in [0.2, 0.25) is 0 Å². The van der Waals surface area contributed by atoms with Crippen molar-refractivity contribution in [1.29, 1.82) is 0 Å². The maximum atomic E-state index is 11.0. The number of carboxylic acid groups (broad SMARTS) is 1. The number of ether oxygens (including phenoxy) is 2. The average Bonchev–Trinajstić information content (AvgIpc) is 2.49. The molecule has 0 aliphatic heterocycles. The largest absolute Gasteiger partial charge is 0.494 e. The number of rotatable bonds is 6. The zero-order valence-electron chi connectivity index (χ0n) is 11.8. The predicted octanol–water partition coefficient (Wildman–Crippen LogP) is 5.18. The van der Waals surface area contributed by atoms with E-state index in [4.69, 9.17) is 14.6 Å². The molecule has 2 rings (SSSR count). The lowest BCUT2D eigenvalue weighted by Crippen LogP contribution is -2.00. The van der Waals surface area contributed by atoms with Gasteiger partial charge in [-0.1, -0.05) is 6.92 Å². The van der Waals surface area contributed by atoms with Crippen LogP contribution in [0, 0.1) is 7.14 Å². The first-order valence-corrected chi connectivity index (χ1v) is 8.80. The quantitative estimate of drug-likeness (QED) is 0.530. The first-order chi connectivity index (χ1) is 10.5. The minimum Gasteiger partial charge on any atom is -0.494 e. The summed E-state index contributed by atoms with van der Waals surface area (Å²) in [6.07, 6.45) is 0.963. The van der Waals surface area contributed by atoms with Gasteiger partial charge >= 0.3 is 5.97 Å². The molecule has 22 heavy (non-hydrogen) atoms. The van der Waals surface area contributed by atoms with Crippen LogP contribution < -0.4 is 9.47 Å². The number of hydrogen-bond donors (Lipinski definition) is 1. The Morgan fingerprint density at radius 3 is 2.14 bits per heavy atom. The van der Waals surface area contributed by atoms with Gasteiger partial charge in [-0.2, -0.15) is 0 Å². The molecule has 0 unspecified atom stereocenters. The van der Waals surface area contributed by atoms with Crippen LogP contribution in [0.1, 0.15) is 23.7 Å². The van der Waals surface area contributed by atoms with Crippen LogP contribution in [-0.2, 0) is 0 Å². The van der Waals surface area contributed by atoms with Gasteiger partial charge in [0, 0.05) is 0 Å². The van der Waals surface area contributed by atoms with Gasteiger partial charge in [-0.3, -0.25) is 0 Å². The predicted molar refractivity (Wildman–Crippen MR) is 101 cm³/mol. The molecule has 0 aromatic heterocycles. The van der Waals surface area contributed by atoms with Gasteiger partial charge in [0.1, 0.15) is 11.5 Å².